The molecule has 0 N–H and O–H groups in total. The quantitative estimate of drug-likeness (QED) is 0.817. The lowest BCUT2D eigenvalue weighted by Gasteiger charge is -2.41. The monoisotopic (exact) mass is 358 g/mol. The number of methoxy groups -OCH3 is 2. The number of amides is 1. The minimum absolute atomic E-state index is 0.0247. The Morgan fingerprint density at radius 3 is 3.04 bits per heavy atom. The van der Waals surface area contributed by atoms with Crippen LogP contribution in [0.3, 0.4) is 0 Å². The van der Waals surface area contributed by atoms with E-state index in [0.717, 1.165) is 17.7 Å². The summed E-state index contributed by atoms with van der Waals surface area (Å²) in [5, 5.41) is 8.15. The van der Waals surface area contributed by atoms with Crippen molar-refractivity contribution in [3.8, 4) is 11.5 Å². The molecule has 0 spiro atoms. The summed E-state index contributed by atoms with van der Waals surface area (Å²) >= 11 is 0. The number of rotatable bonds is 4. The number of aromatic nitrogens is 3. The lowest BCUT2D eigenvalue weighted by atomic mass is 9.99. The van der Waals surface area contributed by atoms with Gasteiger partial charge in [0.15, 0.2) is 0 Å². The van der Waals surface area contributed by atoms with Gasteiger partial charge in [0.1, 0.15) is 11.5 Å². The van der Waals surface area contributed by atoms with E-state index < -0.39 is 0 Å². The van der Waals surface area contributed by atoms with Crippen molar-refractivity contribution in [2.24, 2.45) is 0 Å². The van der Waals surface area contributed by atoms with Crippen LogP contribution in [0, 0.1) is 0 Å². The molecule has 26 heavy (non-hydrogen) atoms. The van der Waals surface area contributed by atoms with E-state index in [-0.39, 0.29) is 24.5 Å². The van der Waals surface area contributed by atoms with Crippen molar-refractivity contribution in [3.63, 3.8) is 0 Å². The summed E-state index contributed by atoms with van der Waals surface area (Å²) < 4.78 is 18.4. The molecule has 1 fully saturated rings. The van der Waals surface area contributed by atoms with Gasteiger partial charge in [-0.15, -0.1) is 5.10 Å². The molecule has 0 aliphatic carbocycles. The SMILES string of the molecule is COc1ccc(CC(=O)N2CC[C@H]3OCc4cnnn4[C@H]3C2)c(OC)c1. The topological polar surface area (TPSA) is 78.7 Å². The van der Waals surface area contributed by atoms with Crippen LogP contribution in [0.2, 0.25) is 0 Å². The molecular formula is C18H22N4O4. The second-order valence-electron chi connectivity index (χ2n) is 6.57. The number of benzene rings is 1. The fraction of sp³-hybridized carbons (Fsp3) is 0.500. The Morgan fingerprint density at radius 1 is 1.35 bits per heavy atom. The molecule has 0 bridgehead atoms. The van der Waals surface area contributed by atoms with Gasteiger partial charge < -0.3 is 19.1 Å². The van der Waals surface area contributed by atoms with E-state index in [1.807, 2.05) is 21.7 Å². The van der Waals surface area contributed by atoms with Crippen LogP contribution in [0.15, 0.2) is 24.4 Å². The van der Waals surface area contributed by atoms with Gasteiger partial charge in [-0.3, -0.25) is 4.79 Å². The molecule has 1 aromatic heterocycles. The minimum Gasteiger partial charge on any atom is -0.497 e. The fourth-order valence-electron chi connectivity index (χ4n) is 3.68. The highest BCUT2D eigenvalue weighted by molar-refractivity contribution is 5.79. The maximum Gasteiger partial charge on any atom is 0.227 e. The molecular weight excluding hydrogens is 336 g/mol. The largest absolute Gasteiger partial charge is 0.497 e. The molecule has 2 aromatic rings. The van der Waals surface area contributed by atoms with Crippen molar-refractivity contribution in [1.82, 2.24) is 19.9 Å². The van der Waals surface area contributed by atoms with E-state index in [2.05, 4.69) is 10.3 Å². The third-order valence-electron chi connectivity index (χ3n) is 5.12. The highest BCUT2D eigenvalue weighted by Crippen LogP contribution is 2.31. The second-order valence-corrected chi connectivity index (χ2v) is 6.57. The number of hydrogen-bond donors (Lipinski definition) is 0. The van der Waals surface area contributed by atoms with Gasteiger partial charge in [-0.05, 0) is 12.5 Å². The summed E-state index contributed by atoms with van der Waals surface area (Å²) in [6, 6.07) is 5.54. The molecule has 2 aliphatic heterocycles. The normalized spacial score (nSPS) is 21.7. The first-order valence-electron chi connectivity index (χ1n) is 8.69. The summed E-state index contributed by atoms with van der Waals surface area (Å²) in [5.41, 5.74) is 1.80. The zero-order chi connectivity index (χ0) is 18.1. The number of fused-ring (bicyclic) bond motifs is 3. The number of carbonyl (C=O) groups excluding carboxylic acids is 1. The highest BCUT2D eigenvalue weighted by Gasteiger charge is 2.37. The Balaban J connectivity index is 1.48. The molecule has 8 heteroatoms. The number of hydrogen-bond acceptors (Lipinski definition) is 6. The van der Waals surface area contributed by atoms with Crippen molar-refractivity contribution in [3.05, 3.63) is 35.7 Å². The van der Waals surface area contributed by atoms with Crippen molar-refractivity contribution >= 4 is 5.91 Å². The maximum absolute atomic E-state index is 12.9. The lowest BCUT2D eigenvalue weighted by molar-refractivity contribution is -0.137. The fourth-order valence-corrected chi connectivity index (χ4v) is 3.68. The third-order valence-corrected chi connectivity index (χ3v) is 5.12. The average molecular weight is 358 g/mol. The average Bonchev–Trinajstić information content (AvgIpc) is 3.17. The zero-order valence-corrected chi connectivity index (χ0v) is 14.9. The molecule has 8 nitrogen and oxygen atoms in total. The van der Waals surface area contributed by atoms with Crippen LogP contribution in [0.4, 0.5) is 0 Å². The molecule has 2 atom stereocenters. The van der Waals surface area contributed by atoms with E-state index in [1.54, 1.807) is 26.5 Å². The Morgan fingerprint density at radius 2 is 2.23 bits per heavy atom. The molecule has 138 valence electrons. The van der Waals surface area contributed by atoms with E-state index in [0.29, 0.717) is 31.2 Å². The molecule has 4 rings (SSSR count). The van der Waals surface area contributed by atoms with Crippen LogP contribution < -0.4 is 9.47 Å². The first-order valence-corrected chi connectivity index (χ1v) is 8.69. The van der Waals surface area contributed by atoms with E-state index in [9.17, 15) is 4.79 Å². The Hall–Kier alpha value is -2.61. The van der Waals surface area contributed by atoms with Gasteiger partial charge in [-0.1, -0.05) is 11.3 Å². The smallest absolute Gasteiger partial charge is 0.227 e. The number of piperidine rings is 1. The van der Waals surface area contributed by atoms with Gasteiger partial charge in [-0.25, -0.2) is 4.68 Å². The van der Waals surface area contributed by atoms with Gasteiger partial charge in [0.25, 0.3) is 0 Å². The standard InChI is InChI=1S/C18H22N4O4/c1-24-14-4-3-12(17(8-14)25-2)7-18(23)21-6-5-16-15(10-21)22-13(11-26-16)9-19-20-22/h3-4,8-9,15-16H,5-7,10-11H2,1-2H3/t15-,16+/m0/s1. The number of likely N-dealkylation sites (tertiary alicyclic amines) is 1. The lowest BCUT2D eigenvalue weighted by Crippen LogP contribution is -2.50. The molecule has 2 aliphatic rings. The van der Waals surface area contributed by atoms with Crippen molar-refractivity contribution < 1.29 is 19.0 Å². The molecule has 1 aromatic carbocycles. The summed E-state index contributed by atoms with van der Waals surface area (Å²) in [4.78, 5) is 14.7. The van der Waals surface area contributed by atoms with Gasteiger partial charge in [0, 0.05) is 24.7 Å². The summed E-state index contributed by atoms with van der Waals surface area (Å²) in [6.45, 7) is 1.80. The van der Waals surface area contributed by atoms with E-state index >= 15 is 0 Å². The minimum atomic E-state index is 0.0247. The molecule has 0 radical (unpaired) electrons. The van der Waals surface area contributed by atoms with Gasteiger partial charge in [-0.2, -0.15) is 0 Å². The van der Waals surface area contributed by atoms with E-state index in [4.69, 9.17) is 14.2 Å². The van der Waals surface area contributed by atoms with Crippen LogP contribution in [0.25, 0.3) is 0 Å². The van der Waals surface area contributed by atoms with Crippen LogP contribution >= 0.6 is 0 Å². The molecule has 0 unspecified atom stereocenters. The van der Waals surface area contributed by atoms with Gasteiger partial charge in [0.05, 0.1) is 51.3 Å². The van der Waals surface area contributed by atoms with Crippen molar-refractivity contribution in [2.45, 2.75) is 31.6 Å². The van der Waals surface area contributed by atoms with E-state index in [1.165, 1.54) is 0 Å². The van der Waals surface area contributed by atoms with Crippen LogP contribution in [0.1, 0.15) is 23.7 Å². The van der Waals surface area contributed by atoms with Crippen molar-refractivity contribution in [2.75, 3.05) is 27.3 Å². The Labute approximate surface area is 151 Å². The summed E-state index contributed by atoms with van der Waals surface area (Å²) in [6.07, 6.45) is 2.90. The van der Waals surface area contributed by atoms with Crippen molar-refractivity contribution in [1.29, 1.82) is 0 Å². The Bertz CT molecular complexity index is 806. The third kappa shape index (κ3) is 3.01. The maximum atomic E-state index is 12.9. The predicted molar refractivity (Wildman–Crippen MR) is 92.1 cm³/mol. The van der Waals surface area contributed by atoms with Crippen LogP contribution in [0.5, 0.6) is 11.5 Å². The molecule has 3 heterocycles. The summed E-state index contributed by atoms with van der Waals surface area (Å²) in [7, 11) is 3.20. The number of carbonyl (C=O) groups is 1. The molecule has 1 saturated heterocycles. The highest BCUT2D eigenvalue weighted by atomic mass is 16.5. The number of nitrogens with zero attached hydrogens (tertiary/aromatic N) is 4. The first kappa shape index (κ1) is 16.8. The van der Waals surface area contributed by atoms with Crippen LogP contribution in [-0.2, 0) is 22.6 Å². The zero-order valence-electron chi connectivity index (χ0n) is 14.9. The summed E-state index contributed by atoms with van der Waals surface area (Å²) in [5.74, 6) is 1.43. The first-order chi connectivity index (χ1) is 12.7. The van der Waals surface area contributed by atoms with Crippen LogP contribution in [-0.4, -0.2) is 59.2 Å². The predicted octanol–water partition coefficient (Wildman–Crippen LogP) is 1.21. The second kappa shape index (κ2) is 6.95. The molecule has 1 amide bonds. The van der Waals surface area contributed by atoms with Gasteiger partial charge >= 0.3 is 0 Å². The molecule has 0 saturated carbocycles. The van der Waals surface area contributed by atoms with Gasteiger partial charge in [0.2, 0.25) is 5.91 Å². The number of ether oxygens (including phenoxy) is 3. The Kier molecular flexibility index (Phi) is 4.50.